The topological polar surface area (TPSA) is 6.48 Å². The fourth-order valence-corrected chi connectivity index (χ4v) is 3.15. The molecule has 2 heterocycles. The molecule has 2 aliphatic rings. The highest BCUT2D eigenvalue weighted by atomic mass is 79.9. The Hall–Kier alpha value is 0.140. The summed E-state index contributed by atoms with van der Waals surface area (Å²) in [5, 5.41) is 0. The number of hydrogen-bond donors (Lipinski definition) is 0. The van der Waals surface area contributed by atoms with Crippen molar-refractivity contribution >= 4 is 15.9 Å². The molecule has 0 aromatic rings. The standard InChI is InChI=1S/C12H21BrN2/c1-11(13)10-14-8-4-12(5-9-14)15-6-2-3-7-15/h12H,1-10H2. The molecule has 2 rings (SSSR count). The van der Waals surface area contributed by atoms with Gasteiger partial charge in [-0.1, -0.05) is 22.5 Å². The van der Waals surface area contributed by atoms with Gasteiger partial charge in [0.1, 0.15) is 0 Å². The number of rotatable bonds is 3. The van der Waals surface area contributed by atoms with Crippen molar-refractivity contribution in [2.24, 2.45) is 0 Å². The van der Waals surface area contributed by atoms with Crippen LogP contribution in [0, 0.1) is 0 Å². The summed E-state index contributed by atoms with van der Waals surface area (Å²) in [6.07, 6.45) is 5.53. The first-order valence-corrected chi connectivity index (χ1v) is 6.84. The first-order valence-electron chi connectivity index (χ1n) is 6.05. The molecule has 2 nitrogen and oxygen atoms in total. The van der Waals surface area contributed by atoms with E-state index in [-0.39, 0.29) is 0 Å². The van der Waals surface area contributed by atoms with Gasteiger partial charge in [-0.25, -0.2) is 0 Å². The zero-order chi connectivity index (χ0) is 10.7. The first kappa shape index (κ1) is 11.6. The van der Waals surface area contributed by atoms with Crippen LogP contribution in [0.3, 0.4) is 0 Å². The van der Waals surface area contributed by atoms with E-state index in [1.807, 2.05) is 0 Å². The van der Waals surface area contributed by atoms with Crippen molar-refractivity contribution in [2.75, 3.05) is 32.7 Å². The van der Waals surface area contributed by atoms with Crippen molar-refractivity contribution in [3.63, 3.8) is 0 Å². The lowest BCUT2D eigenvalue weighted by Crippen LogP contribution is -2.44. The second-order valence-electron chi connectivity index (χ2n) is 4.77. The fraction of sp³-hybridized carbons (Fsp3) is 0.833. The Morgan fingerprint density at radius 3 is 2.27 bits per heavy atom. The van der Waals surface area contributed by atoms with E-state index in [9.17, 15) is 0 Å². The predicted octanol–water partition coefficient (Wildman–Crippen LogP) is 2.46. The molecule has 2 fully saturated rings. The predicted molar refractivity (Wildman–Crippen MR) is 68.3 cm³/mol. The van der Waals surface area contributed by atoms with Crippen LogP contribution in [-0.4, -0.2) is 48.6 Å². The lowest BCUT2D eigenvalue weighted by molar-refractivity contribution is 0.134. The molecule has 0 spiro atoms. The van der Waals surface area contributed by atoms with E-state index < -0.39 is 0 Å². The molecular formula is C12H21BrN2. The van der Waals surface area contributed by atoms with Gasteiger partial charge in [-0.05, 0) is 51.9 Å². The third kappa shape index (κ3) is 3.30. The van der Waals surface area contributed by atoms with Crippen LogP contribution in [0.4, 0.5) is 0 Å². The van der Waals surface area contributed by atoms with Gasteiger partial charge in [0.05, 0.1) is 0 Å². The van der Waals surface area contributed by atoms with E-state index in [0.717, 1.165) is 17.1 Å². The molecule has 0 saturated carbocycles. The molecule has 0 amide bonds. The molecule has 0 radical (unpaired) electrons. The van der Waals surface area contributed by atoms with E-state index in [2.05, 4.69) is 32.3 Å². The summed E-state index contributed by atoms with van der Waals surface area (Å²) in [7, 11) is 0. The Morgan fingerprint density at radius 1 is 1.13 bits per heavy atom. The minimum atomic E-state index is 0.868. The molecule has 0 aromatic heterocycles. The lowest BCUT2D eigenvalue weighted by atomic mass is 10.0. The highest BCUT2D eigenvalue weighted by Gasteiger charge is 2.26. The SMILES string of the molecule is C=C(Br)CN1CCC(N2CCCC2)CC1. The van der Waals surface area contributed by atoms with Crippen molar-refractivity contribution in [3.8, 4) is 0 Å². The second kappa shape index (κ2) is 5.46. The third-order valence-electron chi connectivity index (χ3n) is 3.61. The molecular weight excluding hydrogens is 252 g/mol. The smallest absolute Gasteiger partial charge is 0.0293 e. The van der Waals surface area contributed by atoms with Gasteiger partial charge in [0.25, 0.3) is 0 Å². The summed E-state index contributed by atoms with van der Waals surface area (Å²) in [6.45, 7) is 10.1. The van der Waals surface area contributed by atoms with Gasteiger partial charge < -0.3 is 4.90 Å². The van der Waals surface area contributed by atoms with Crippen LogP contribution in [0.5, 0.6) is 0 Å². The average Bonchev–Trinajstić information content (AvgIpc) is 2.71. The molecule has 3 heteroatoms. The third-order valence-corrected chi connectivity index (χ3v) is 3.86. The molecule has 2 aliphatic heterocycles. The van der Waals surface area contributed by atoms with E-state index in [0.29, 0.717) is 0 Å². The molecule has 0 atom stereocenters. The zero-order valence-electron chi connectivity index (χ0n) is 9.42. The van der Waals surface area contributed by atoms with Gasteiger partial charge in [-0.3, -0.25) is 4.90 Å². The monoisotopic (exact) mass is 272 g/mol. The van der Waals surface area contributed by atoms with E-state index in [1.54, 1.807) is 0 Å². The molecule has 0 aliphatic carbocycles. The van der Waals surface area contributed by atoms with Crippen molar-refractivity contribution in [1.82, 2.24) is 9.80 Å². The highest BCUT2D eigenvalue weighted by molar-refractivity contribution is 9.11. The Morgan fingerprint density at radius 2 is 1.73 bits per heavy atom. The molecule has 0 bridgehead atoms. The van der Waals surface area contributed by atoms with Gasteiger partial charge in [0.2, 0.25) is 0 Å². The molecule has 0 aromatic carbocycles. The maximum Gasteiger partial charge on any atom is 0.0293 e. The maximum absolute atomic E-state index is 3.91. The molecule has 2 saturated heterocycles. The Kier molecular flexibility index (Phi) is 4.23. The largest absolute Gasteiger partial charge is 0.300 e. The number of hydrogen-bond acceptors (Lipinski definition) is 2. The summed E-state index contributed by atoms with van der Waals surface area (Å²) in [4.78, 5) is 5.20. The minimum Gasteiger partial charge on any atom is -0.300 e. The van der Waals surface area contributed by atoms with E-state index in [4.69, 9.17) is 0 Å². The zero-order valence-corrected chi connectivity index (χ0v) is 11.0. The Balaban J connectivity index is 1.73. The Labute approximate surface area is 101 Å². The van der Waals surface area contributed by atoms with E-state index in [1.165, 1.54) is 51.9 Å². The molecule has 0 unspecified atom stereocenters. The van der Waals surface area contributed by atoms with Crippen LogP contribution < -0.4 is 0 Å². The maximum atomic E-state index is 3.91. The summed E-state index contributed by atoms with van der Waals surface area (Å²) < 4.78 is 1.11. The van der Waals surface area contributed by atoms with Crippen LogP contribution >= 0.6 is 15.9 Å². The van der Waals surface area contributed by atoms with Crippen LogP contribution in [0.15, 0.2) is 11.1 Å². The fourth-order valence-electron chi connectivity index (χ4n) is 2.79. The quantitative estimate of drug-likeness (QED) is 0.779. The van der Waals surface area contributed by atoms with Gasteiger partial charge in [0, 0.05) is 17.1 Å². The highest BCUT2D eigenvalue weighted by Crippen LogP contribution is 2.21. The van der Waals surface area contributed by atoms with Crippen molar-refractivity contribution in [3.05, 3.63) is 11.1 Å². The molecule has 86 valence electrons. The average molecular weight is 273 g/mol. The summed E-state index contributed by atoms with van der Waals surface area (Å²) in [5.74, 6) is 0. The van der Waals surface area contributed by atoms with Gasteiger partial charge in [-0.2, -0.15) is 0 Å². The van der Waals surface area contributed by atoms with Crippen molar-refractivity contribution in [1.29, 1.82) is 0 Å². The lowest BCUT2D eigenvalue weighted by Gasteiger charge is -2.36. The van der Waals surface area contributed by atoms with E-state index >= 15 is 0 Å². The van der Waals surface area contributed by atoms with Crippen LogP contribution in [0.1, 0.15) is 25.7 Å². The normalized spacial score (nSPS) is 25.9. The summed E-state index contributed by atoms with van der Waals surface area (Å²) >= 11 is 3.44. The van der Waals surface area contributed by atoms with Crippen molar-refractivity contribution in [2.45, 2.75) is 31.7 Å². The van der Waals surface area contributed by atoms with Gasteiger partial charge in [-0.15, -0.1) is 0 Å². The second-order valence-corrected chi connectivity index (χ2v) is 5.89. The Bertz CT molecular complexity index is 216. The summed E-state index contributed by atoms with van der Waals surface area (Å²) in [6, 6.07) is 0.868. The number of nitrogens with zero attached hydrogens (tertiary/aromatic N) is 2. The first-order chi connectivity index (χ1) is 7.25. The number of likely N-dealkylation sites (tertiary alicyclic amines) is 2. The minimum absolute atomic E-state index is 0.868. The van der Waals surface area contributed by atoms with Crippen LogP contribution in [-0.2, 0) is 0 Å². The number of halogens is 1. The van der Waals surface area contributed by atoms with Gasteiger partial charge >= 0.3 is 0 Å². The summed E-state index contributed by atoms with van der Waals surface area (Å²) in [5.41, 5.74) is 0. The number of piperidine rings is 1. The van der Waals surface area contributed by atoms with Crippen LogP contribution in [0.25, 0.3) is 0 Å². The van der Waals surface area contributed by atoms with Crippen molar-refractivity contribution < 1.29 is 0 Å². The van der Waals surface area contributed by atoms with Crippen LogP contribution in [0.2, 0.25) is 0 Å². The molecule has 0 N–H and O–H groups in total. The van der Waals surface area contributed by atoms with Gasteiger partial charge in [0.15, 0.2) is 0 Å². The molecule has 15 heavy (non-hydrogen) atoms.